The van der Waals surface area contributed by atoms with Gasteiger partial charge in [0.1, 0.15) is 46.0 Å². The van der Waals surface area contributed by atoms with Gasteiger partial charge in [0.25, 0.3) is 0 Å². The van der Waals surface area contributed by atoms with E-state index in [1.165, 1.54) is 49.6 Å². The van der Waals surface area contributed by atoms with Crippen molar-refractivity contribution in [3.8, 4) is 46.0 Å². The Bertz CT molecular complexity index is 1510. The van der Waals surface area contributed by atoms with Crippen molar-refractivity contribution in [2.75, 3.05) is 7.11 Å². The highest BCUT2D eigenvalue weighted by Crippen LogP contribution is 2.29. The smallest absolute Gasteiger partial charge is 0.338 e. The van der Waals surface area contributed by atoms with Crippen LogP contribution in [0, 0.1) is 6.92 Å². The van der Waals surface area contributed by atoms with Crippen molar-refractivity contribution in [3.05, 3.63) is 108 Å². The summed E-state index contributed by atoms with van der Waals surface area (Å²) >= 11 is 0. The molecule has 0 aliphatic carbocycles. The summed E-state index contributed by atoms with van der Waals surface area (Å²) in [6.07, 6.45) is 0. The summed E-state index contributed by atoms with van der Waals surface area (Å²) in [5.74, 6) is -0.348. The van der Waals surface area contributed by atoms with Crippen molar-refractivity contribution in [1.82, 2.24) is 0 Å². The molecule has 0 radical (unpaired) electrons. The predicted octanol–water partition coefficient (Wildman–Crippen LogP) is 5.64. The third kappa shape index (κ3) is 10.9. The summed E-state index contributed by atoms with van der Waals surface area (Å²) in [4.78, 5) is 10.9. The van der Waals surface area contributed by atoms with E-state index in [4.69, 9.17) is 35.7 Å². The molecule has 41 heavy (non-hydrogen) atoms. The molecule has 214 valence electrons. The molecule has 0 saturated carbocycles. The molecule has 5 aromatic rings. The number of carbonyl (C=O) groups is 1. The Morgan fingerprint density at radius 1 is 0.537 bits per heavy atom. The van der Waals surface area contributed by atoms with E-state index in [9.17, 15) is 9.90 Å². The minimum Gasteiger partial charge on any atom is -0.508 e. The first kappa shape index (κ1) is 31.4. The lowest BCUT2D eigenvalue weighted by Crippen LogP contribution is -2.00. The van der Waals surface area contributed by atoms with E-state index in [-0.39, 0.29) is 51.6 Å². The van der Waals surface area contributed by atoms with Crippen molar-refractivity contribution in [3.63, 3.8) is 0 Å². The van der Waals surface area contributed by atoms with Crippen LogP contribution in [-0.2, 0) is 4.74 Å². The Hall–Kier alpha value is -5.77. The number of aryl methyl sites for hydroxylation is 1. The molecule has 0 spiro atoms. The average Bonchev–Trinajstić information content (AvgIpc) is 2.88. The highest BCUT2D eigenvalue weighted by molar-refractivity contribution is 5.90. The van der Waals surface area contributed by atoms with Crippen LogP contribution in [0.1, 0.15) is 15.9 Å². The summed E-state index contributed by atoms with van der Waals surface area (Å²) in [5.41, 5.74) is 0.975. The Kier molecular flexibility index (Phi) is 11.5. The minimum atomic E-state index is -0.596. The molecule has 0 aliphatic rings. The van der Waals surface area contributed by atoms with E-state index in [1.54, 1.807) is 31.2 Å². The Morgan fingerprint density at radius 3 is 1.46 bits per heavy atom. The Balaban J connectivity index is 0.000000194. The molecule has 0 bridgehead atoms. The molecule has 0 saturated heterocycles. The lowest BCUT2D eigenvalue weighted by molar-refractivity contribution is 0.0599. The van der Waals surface area contributed by atoms with Crippen molar-refractivity contribution in [1.29, 1.82) is 0 Å². The zero-order valence-electron chi connectivity index (χ0n) is 22.1. The van der Waals surface area contributed by atoms with Crippen LogP contribution in [0.15, 0.2) is 97.1 Å². The highest BCUT2D eigenvalue weighted by Gasteiger charge is 2.07. The maximum Gasteiger partial charge on any atom is 0.338 e. The van der Waals surface area contributed by atoms with Crippen LogP contribution in [0.2, 0.25) is 0 Å². The topological polar surface area (TPSA) is 188 Å². The highest BCUT2D eigenvalue weighted by atomic mass is 16.5. The number of esters is 1. The maximum atomic E-state index is 10.9. The van der Waals surface area contributed by atoms with Crippen LogP contribution >= 0.6 is 0 Å². The number of phenols is 8. The van der Waals surface area contributed by atoms with Gasteiger partial charge in [0.15, 0.2) is 0 Å². The van der Waals surface area contributed by atoms with E-state index >= 15 is 0 Å². The van der Waals surface area contributed by atoms with Gasteiger partial charge in [0.05, 0.1) is 12.7 Å². The number of hydrogen-bond donors (Lipinski definition) is 8. The van der Waals surface area contributed by atoms with Gasteiger partial charge in [0.2, 0.25) is 0 Å². The summed E-state index contributed by atoms with van der Waals surface area (Å²) in [6, 6.07) is 24.2. The van der Waals surface area contributed by atoms with Crippen LogP contribution in [0.3, 0.4) is 0 Å². The second-order valence-corrected chi connectivity index (χ2v) is 8.46. The van der Waals surface area contributed by atoms with Crippen molar-refractivity contribution < 1.29 is 50.4 Å². The molecule has 0 amide bonds. The van der Waals surface area contributed by atoms with E-state index in [0.717, 1.165) is 22.4 Å². The quantitative estimate of drug-likeness (QED) is 0.119. The van der Waals surface area contributed by atoms with Gasteiger partial charge < -0.3 is 45.6 Å². The fourth-order valence-electron chi connectivity index (χ4n) is 3.34. The number of ether oxygens (including phenoxy) is 1. The monoisotopic (exact) mass is 562 g/mol. The number of rotatable bonds is 1. The number of fused-ring (bicyclic) bond motifs is 1. The van der Waals surface area contributed by atoms with Gasteiger partial charge in [-0.15, -0.1) is 0 Å². The molecular weight excluding hydrogens is 532 g/mol. The van der Waals surface area contributed by atoms with Crippen LogP contribution in [0.4, 0.5) is 0 Å². The van der Waals surface area contributed by atoms with E-state index in [1.807, 2.05) is 24.3 Å². The average molecular weight is 563 g/mol. The lowest BCUT2D eigenvalue weighted by Gasteiger charge is -2.00. The molecular formula is C31H30O10. The molecule has 0 aromatic heterocycles. The molecule has 5 aromatic carbocycles. The maximum absolute atomic E-state index is 10.9. The van der Waals surface area contributed by atoms with Gasteiger partial charge in [-0.25, -0.2) is 4.79 Å². The molecule has 5 rings (SSSR count). The predicted molar refractivity (Wildman–Crippen MR) is 153 cm³/mol. The lowest BCUT2D eigenvalue weighted by atomic mass is 10.1. The Morgan fingerprint density at radius 2 is 1.00 bits per heavy atom. The van der Waals surface area contributed by atoms with Crippen molar-refractivity contribution in [2.24, 2.45) is 0 Å². The SMILES string of the molecule is COC(=O)c1cc(O)cc(O)c1.Cc1cc(O)cc(O)c1.Oc1cc(O)c2ccccc2c1.Oc1cccc(O)c1. The summed E-state index contributed by atoms with van der Waals surface area (Å²) in [6.45, 7) is 1.80. The number of phenolic OH excluding ortho intramolecular Hbond substituents is 8. The van der Waals surface area contributed by atoms with Crippen molar-refractivity contribution >= 4 is 16.7 Å². The van der Waals surface area contributed by atoms with Gasteiger partial charge in [-0.1, -0.05) is 30.3 Å². The number of methoxy groups -OCH3 is 1. The molecule has 10 nitrogen and oxygen atoms in total. The second-order valence-electron chi connectivity index (χ2n) is 8.46. The number of benzene rings is 5. The van der Waals surface area contributed by atoms with Gasteiger partial charge in [-0.2, -0.15) is 0 Å². The van der Waals surface area contributed by atoms with Crippen LogP contribution in [0.5, 0.6) is 46.0 Å². The fourth-order valence-corrected chi connectivity index (χ4v) is 3.34. The van der Waals surface area contributed by atoms with E-state index < -0.39 is 5.97 Å². The van der Waals surface area contributed by atoms with Gasteiger partial charge >= 0.3 is 5.97 Å². The first-order chi connectivity index (χ1) is 19.4. The molecule has 8 N–H and O–H groups in total. The third-order valence-corrected chi connectivity index (χ3v) is 5.02. The van der Waals surface area contributed by atoms with Gasteiger partial charge in [-0.05, 0) is 60.3 Å². The Labute approximate surface area is 235 Å². The third-order valence-electron chi connectivity index (χ3n) is 5.02. The van der Waals surface area contributed by atoms with Crippen LogP contribution in [-0.4, -0.2) is 53.9 Å². The molecule has 0 atom stereocenters. The largest absolute Gasteiger partial charge is 0.508 e. The van der Waals surface area contributed by atoms with Gasteiger partial charge in [-0.3, -0.25) is 0 Å². The summed E-state index contributed by atoms with van der Waals surface area (Å²) in [5, 5.41) is 73.1. The summed E-state index contributed by atoms with van der Waals surface area (Å²) < 4.78 is 4.39. The standard InChI is InChI=1S/C10H8O2.C8H8O4.C7H8O2.C6H6O2/c11-8-5-7-3-1-2-4-9(7)10(12)6-8;1-12-8(11)5-2-6(9)4-7(10)3-5;1-5-2-6(8)4-7(9)3-5;7-5-2-1-3-6(8)4-5/h1-6,11-12H;2-4,9-10H,1H3;2-4,8-9H,1H3;1-4,7-8H. The molecule has 0 fully saturated rings. The zero-order chi connectivity index (χ0) is 30.5. The van der Waals surface area contributed by atoms with E-state index in [2.05, 4.69) is 4.74 Å². The fraction of sp³-hybridized carbons (Fsp3) is 0.0645. The minimum absolute atomic E-state index is 0.0880. The normalized spacial score (nSPS) is 9.61. The van der Waals surface area contributed by atoms with Crippen LogP contribution in [0.25, 0.3) is 10.8 Å². The number of aromatic hydroxyl groups is 8. The summed E-state index contributed by atoms with van der Waals surface area (Å²) in [7, 11) is 1.23. The first-order valence-corrected chi connectivity index (χ1v) is 11.9. The van der Waals surface area contributed by atoms with E-state index in [0.29, 0.717) is 0 Å². The molecule has 0 heterocycles. The van der Waals surface area contributed by atoms with Gasteiger partial charge in [0, 0.05) is 29.7 Å². The molecule has 0 aliphatic heterocycles. The second kappa shape index (κ2) is 15.0. The van der Waals surface area contributed by atoms with Crippen LogP contribution < -0.4 is 0 Å². The number of carbonyl (C=O) groups excluding carboxylic acids is 1. The first-order valence-electron chi connectivity index (χ1n) is 11.9. The number of hydrogen-bond acceptors (Lipinski definition) is 10. The van der Waals surface area contributed by atoms with Crippen molar-refractivity contribution in [2.45, 2.75) is 6.92 Å². The molecule has 0 unspecified atom stereocenters. The molecule has 10 heteroatoms. The zero-order valence-corrected chi connectivity index (χ0v) is 22.1.